The van der Waals surface area contributed by atoms with E-state index in [9.17, 15) is 9.59 Å². The molecule has 0 radical (unpaired) electrons. The molecule has 1 saturated heterocycles. The van der Waals surface area contributed by atoms with Gasteiger partial charge in [-0.15, -0.1) is 0 Å². The van der Waals surface area contributed by atoms with E-state index in [-0.39, 0.29) is 11.9 Å². The molecule has 0 spiro atoms. The minimum atomic E-state index is -0.189. The van der Waals surface area contributed by atoms with Crippen LogP contribution >= 0.6 is 0 Å². The maximum atomic E-state index is 12.8. The maximum absolute atomic E-state index is 12.8. The number of carbonyl (C=O) groups excluding carboxylic acids is 2. The van der Waals surface area contributed by atoms with Crippen LogP contribution in [0.5, 0.6) is 0 Å². The quantitative estimate of drug-likeness (QED) is 0.642. The van der Waals surface area contributed by atoms with Crippen molar-refractivity contribution in [2.45, 2.75) is 32.7 Å². The summed E-state index contributed by atoms with van der Waals surface area (Å²) in [5.41, 5.74) is 2.97. The van der Waals surface area contributed by atoms with E-state index >= 15 is 0 Å². The van der Waals surface area contributed by atoms with Gasteiger partial charge in [0.05, 0.1) is 17.5 Å². The van der Waals surface area contributed by atoms with Gasteiger partial charge in [-0.3, -0.25) is 4.79 Å². The lowest BCUT2D eigenvalue weighted by atomic mass is 10.1. The Balaban J connectivity index is 1.41. The normalized spacial score (nSPS) is 13.3. The van der Waals surface area contributed by atoms with Crippen LogP contribution in [0, 0.1) is 0 Å². The van der Waals surface area contributed by atoms with E-state index in [1.54, 1.807) is 17.1 Å². The van der Waals surface area contributed by atoms with Crippen LogP contribution in [0.1, 0.15) is 41.4 Å². The van der Waals surface area contributed by atoms with Crippen molar-refractivity contribution in [2.75, 3.05) is 18.4 Å². The number of hydrogen-bond acceptors (Lipinski definition) is 4. The molecule has 0 aliphatic carbocycles. The highest BCUT2D eigenvalue weighted by Gasteiger charge is 2.19. The van der Waals surface area contributed by atoms with Gasteiger partial charge in [0.2, 0.25) is 0 Å². The first-order chi connectivity index (χ1) is 15.2. The first-order valence-corrected chi connectivity index (χ1v) is 10.6. The molecule has 8 nitrogen and oxygen atoms in total. The van der Waals surface area contributed by atoms with Crippen LogP contribution in [-0.4, -0.2) is 44.7 Å². The second kappa shape index (κ2) is 9.42. The first kappa shape index (κ1) is 20.6. The van der Waals surface area contributed by atoms with Gasteiger partial charge >= 0.3 is 6.03 Å². The van der Waals surface area contributed by atoms with Crippen molar-refractivity contribution in [2.24, 2.45) is 0 Å². The fourth-order valence-corrected chi connectivity index (χ4v) is 3.74. The van der Waals surface area contributed by atoms with E-state index in [1.807, 2.05) is 54.3 Å². The van der Waals surface area contributed by atoms with Crippen molar-refractivity contribution in [3.05, 3.63) is 71.7 Å². The van der Waals surface area contributed by atoms with Gasteiger partial charge in [0.25, 0.3) is 5.91 Å². The predicted molar refractivity (Wildman–Crippen MR) is 118 cm³/mol. The Morgan fingerprint density at radius 3 is 2.68 bits per heavy atom. The number of aromatic nitrogens is 3. The molecule has 3 aromatic rings. The zero-order valence-corrected chi connectivity index (χ0v) is 17.5. The van der Waals surface area contributed by atoms with E-state index in [4.69, 9.17) is 0 Å². The van der Waals surface area contributed by atoms with Crippen molar-refractivity contribution in [3.8, 4) is 5.82 Å². The summed E-state index contributed by atoms with van der Waals surface area (Å²) in [5.74, 6) is 0.491. The molecule has 3 amide bonds. The molecule has 4 rings (SSSR count). The standard InChI is InChI=1S/C23H26N6O2/c1-2-20-19(16-26-29(20)21-10-3-4-11-24-21)22(30)25-15-17-8-7-9-18(14-17)27-23(31)28-12-5-6-13-28/h3-4,7-11,14,16H,2,5-6,12-13,15H2,1H3,(H,25,30)(H,27,31). The first-order valence-electron chi connectivity index (χ1n) is 10.6. The summed E-state index contributed by atoms with van der Waals surface area (Å²) in [7, 11) is 0. The van der Waals surface area contributed by atoms with Crippen molar-refractivity contribution in [3.63, 3.8) is 0 Å². The number of pyridine rings is 1. The van der Waals surface area contributed by atoms with E-state index in [0.29, 0.717) is 24.3 Å². The Morgan fingerprint density at radius 1 is 1.10 bits per heavy atom. The second-order valence-electron chi connectivity index (χ2n) is 7.47. The Kier molecular flexibility index (Phi) is 6.26. The van der Waals surface area contributed by atoms with Crippen molar-refractivity contribution < 1.29 is 9.59 Å². The number of benzene rings is 1. The summed E-state index contributed by atoms with van der Waals surface area (Å²) in [6.07, 6.45) is 6.03. The zero-order valence-electron chi connectivity index (χ0n) is 17.5. The lowest BCUT2D eigenvalue weighted by Gasteiger charge is -2.16. The molecule has 1 fully saturated rings. The fourth-order valence-electron chi connectivity index (χ4n) is 3.74. The number of likely N-dealkylation sites (tertiary alicyclic amines) is 1. The topological polar surface area (TPSA) is 92.2 Å². The number of nitrogens with one attached hydrogen (secondary N) is 2. The molecule has 1 aliphatic rings. The number of hydrogen-bond donors (Lipinski definition) is 2. The molecule has 2 N–H and O–H groups in total. The monoisotopic (exact) mass is 418 g/mol. The van der Waals surface area contributed by atoms with Crippen LogP contribution in [0.3, 0.4) is 0 Å². The van der Waals surface area contributed by atoms with Crippen LogP contribution in [0.15, 0.2) is 54.9 Å². The number of rotatable bonds is 6. The average molecular weight is 419 g/mol. The van der Waals surface area contributed by atoms with Gasteiger partial charge in [-0.1, -0.05) is 25.1 Å². The maximum Gasteiger partial charge on any atom is 0.321 e. The number of anilines is 1. The molecule has 31 heavy (non-hydrogen) atoms. The van der Waals surface area contributed by atoms with Gasteiger partial charge in [0, 0.05) is 31.5 Å². The smallest absolute Gasteiger partial charge is 0.321 e. The Bertz CT molecular complexity index is 1060. The molecule has 1 aromatic carbocycles. The average Bonchev–Trinajstić information content (AvgIpc) is 3.48. The van der Waals surface area contributed by atoms with Gasteiger partial charge in [-0.2, -0.15) is 5.10 Å². The van der Waals surface area contributed by atoms with Crippen molar-refractivity contribution in [1.29, 1.82) is 0 Å². The lowest BCUT2D eigenvalue weighted by molar-refractivity contribution is 0.0950. The molecule has 2 aromatic heterocycles. The summed E-state index contributed by atoms with van der Waals surface area (Å²) in [6, 6.07) is 13.0. The van der Waals surface area contributed by atoms with Crippen LogP contribution in [-0.2, 0) is 13.0 Å². The molecule has 0 atom stereocenters. The molecular weight excluding hydrogens is 392 g/mol. The van der Waals surface area contributed by atoms with Crippen molar-refractivity contribution >= 4 is 17.6 Å². The summed E-state index contributed by atoms with van der Waals surface area (Å²) in [4.78, 5) is 31.3. The number of carbonyl (C=O) groups is 2. The minimum absolute atomic E-state index is 0.0757. The number of amides is 3. The van der Waals surface area contributed by atoms with Crippen LogP contribution < -0.4 is 10.6 Å². The third kappa shape index (κ3) is 4.74. The highest BCUT2D eigenvalue weighted by Crippen LogP contribution is 2.16. The molecule has 160 valence electrons. The van der Waals surface area contributed by atoms with Crippen molar-refractivity contribution in [1.82, 2.24) is 25.0 Å². The molecule has 8 heteroatoms. The van der Waals surface area contributed by atoms with E-state index in [2.05, 4.69) is 20.7 Å². The second-order valence-corrected chi connectivity index (χ2v) is 7.47. The summed E-state index contributed by atoms with van der Waals surface area (Å²) >= 11 is 0. The SMILES string of the molecule is CCc1c(C(=O)NCc2cccc(NC(=O)N3CCCC3)c2)cnn1-c1ccccn1. The lowest BCUT2D eigenvalue weighted by Crippen LogP contribution is -2.32. The van der Waals surface area contributed by atoms with Gasteiger partial charge < -0.3 is 15.5 Å². The summed E-state index contributed by atoms with van der Waals surface area (Å²) < 4.78 is 1.70. The van der Waals surface area contributed by atoms with Gasteiger partial charge in [0.15, 0.2) is 5.82 Å². The molecule has 3 heterocycles. The molecule has 0 bridgehead atoms. The number of urea groups is 1. The molecular formula is C23H26N6O2. The largest absolute Gasteiger partial charge is 0.348 e. The Labute approximate surface area is 181 Å². The Hall–Kier alpha value is -3.68. The minimum Gasteiger partial charge on any atom is -0.348 e. The fraction of sp³-hybridized carbons (Fsp3) is 0.304. The highest BCUT2D eigenvalue weighted by atomic mass is 16.2. The van der Waals surface area contributed by atoms with Crippen LogP contribution in [0.25, 0.3) is 5.82 Å². The third-order valence-electron chi connectivity index (χ3n) is 5.34. The summed E-state index contributed by atoms with van der Waals surface area (Å²) in [6.45, 7) is 3.94. The Morgan fingerprint density at radius 2 is 1.94 bits per heavy atom. The predicted octanol–water partition coefficient (Wildman–Crippen LogP) is 3.39. The molecule has 1 aliphatic heterocycles. The van der Waals surface area contributed by atoms with Gasteiger partial charge in [-0.05, 0) is 49.1 Å². The van der Waals surface area contributed by atoms with Gasteiger partial charge in [-0.25, -0.2) is 14.5 Å². The van der Waals surface area contributed by atoms with Crippen LogP contribution in [0.4, 0.5) is 10.5 Å². The number of nitrogens with zero attached hydrogens (tertiary/aromatic N) is 4. The highest BCUT2D eigenvalue weighted by molar-refractivity contribution is 5.95. The van der Waals surface area contributed by atoms with Crippen LogP contribution in [0.2, 0.25) is 0 Å². The van der Waals surface area contributed by atoms with Gasteiger partial charge in [0.1, 0.15) is 0 Å². The van der Waals surface area contributed by atoms with E-state index in [1.165, 1.54) is 0 Å². The summed E-state index contributed by atoms with van der Waals surface area (Å²) in [5, 5.41) is 10.3. The molecule has 0 saturated carbocycles. The molecule has 0 unspecified atom stereocenters. The third-order valence-corrected chi connectivity index (χ3v) is 5.34. The van der Waals surface area contributed by atoms with E-state index < -0.39 is 0 Å². The zero-order chi connectivity index (χ0) is 21.6. The van der Waals surface area contributed by atoms with E-state index in [0.717, 1.165) is 42.9 Å².